The zero-order valence-electron chi connectivity index (χ0n) is 27.1. The molecular formula is C45H32N4. The van der Waals surface area contributed by atoms with Gasteiger partial charge in [0.2, 0.25) is 0 Å². The molecule has 232 valence electrons. The highest BCUT2D eigenvalue weighted by Gasteiger charge is 2.33. The molecule has 0 bridgehead atoms. The smallest absolute Gasteiger partial charge is 0.0998 e. The van der Waals surface area contributed by atoms with Crippen LogP contribution >= 0.6 is 0 Å². The van der Waals surface area contributed by atoms with Crippen LogP contribution in [-0.4, -0.2) is 9.13 Å². The summed E-state index contributed by atoms with van der Waals surface area (Å²) in [6.07, 6.45) is 12.3. The van der Waals surface area contributed by atoms with Gasteiger partial charge in [0.05, 0.1) is 34.8 Å². The lowest BCUT2D eigenvalue weighted by Gasteiger charge is -2.32. The Morgan fingerprint density at radius 3 is 2.29 bits per heavy atom. The summed E-state index contributed by atoms with van der Waals surface area (Å²) < 4.78 is 4.59. The number of nitriles is 2. The van der Waals surface area contributed by atoms with E-state index in [2.05, 4.69) is 137 Å². The first-order chi connectivity index (χ1) is 24.2. The number of hydrogen-bond acceptors (Lipinski definition) is 2. The van der Waals surface area contributed by atoms with Crippen molar-refractivity contribution in [3.05, 3.63) is 174 Å². The second-order valence-electron chi connectivity index (χ2n) is 12.3. The van der Waals surface area contributed by atoms with Crippen molar-refractivity contribution >= 4 is 44.9 Å². The van der Waals surface area contributed by atoms with Crippen molar-refractivity contribution in [2.45, 2.75) is 18.9 Å². The number of fused-ring (bicyclic) bond motifs is 4. The van der Waals surface area contributed by atoms with E-state index in [1.807, 2.05) is 49.4 Å². The van der Waals surface area contributed by atoms with Gasteiger partial charge in [-0.25, -0.2) is 0 Å². The van der Waals surface area contributed by atoms with E-state index in [0.29, 0.717) is 11.1 Å². The van der Waals surface area contributed by atoms with Crippen LogP contribution in [0.4, 0.5) is 0 Å². The lowest BCUT2D eigenvalue weighted by atomic mass is 9.78. The molecule has 0 spiro atoms. The topological polar surface area (TPSA) is 57.4 Å². The maximum absolute atomic E-state index is 10.6. The van der Waals surface area contributed by atoms with Gasteiger partial charge in [-0.15, -0.1) is 0 Å². The molecule has 2 unspecified atom stereocenters. The van der Waals surface area contributed by atoms with E-state index in [0.717, 1.165) is 66.3 Å². The van der Waals surface area contributed by atoms with E-state index < -0.39 is 0 Å². The molecule has 1 aliphatic carbocycles. The summed E-state index contributed by atoms with van der Waals surface area (Å²) in [5.41, 5.74) is 10.9. The zero-order valence-corrected chi connectivity index (χ0v) is 27.1. The number of nitrogens with zero attached hydrogens (tertiary/aromatic N) is 4. The lowest BCUT2D eigenvalue weighted by Crippen LogP contribution is -2.21. The van der Waals surface area contributed by atoms with Gasteiger partial charge in [0.25, 0.3) is 0 Å². The van der Waals surface area contributed by atoms with E-state index in [4.69, 9.17) is 0 Å². The molecular weight excluding hydrogens is 597 g/mol. The number of para-hydroxylation sites is 2. The van der Waals surface area contributed by atoms with Crippen LogP contribution in [-0.2, 0) is 0 Å². The molecule has 4 nitrogen and oxygen atoms in total. The summed E-state index contributed by atoms with van der Waals surface area (Å²) in [5.74, 6) is -0.241. The van der Waals surface area contributed by atoms with Gasteiger partial charge >= 0.3 is 0 Å². The molecule has 1 aliphatic rings. The molecule has 0 aliphatic heterocycles. The van der Waals surface area contributed by atoms with Gasteiger partial charge in [-0.05, 0) is 72.2 Å². The van der Waals surface area contributed by atoms with Crippen molar-refractivity contribution in [1.29, 1.82) is 10.5 Å². The summed E-state index contributed by atoms with van der Waals surface area (Å²) in [4.78, 5) is 0. The molecule has 4 heteroatoms. The van der Waals surface area contributed by atoms with E-state index in [9.17, 15) is 10.5 Å². The molecule has 0 saturated heterocycles. The Morgan fingerprint density at radius 1 is 0.755 bits per heavy atom. The van der Waals surface area contributed by atoms with Gasteiger partial charge in [0, 0.05) is 50.1 Å². The number of allylic oxidation sites excluding steroid dienone is 5. The standard InChI is InChI=1S/C45H32N4/c1-3-14-35-36-20-7-9-23-40(36)49(39(35)4-2)43-26-13-16-31(28-46)44(43)37-21-6-5-19-34(37)30-15-11-18-33(27-30)48-41-24-10-8-22-38(41)45-32(29-47)17-12-25-42(45)48/h3-27,43-44H,2H2,1H3/b14-3-. The third-order valence-corrected chi connectivity index (χ3v) is 9.73. The fraction of sp³-hybridized carbons (Fsp3) is 0.0667. The highest BCUT2D eigenvalue weighted by molar-refractivity contribution is 6.11. The fourth-order valence-electron chi connectivity index (χ4n) is 7.78. The maximum Gasteiger partial charge on any atom is 0.0998 e. The first-order valence-electron chi connectivity index (χ1n) is 16.5. The van der Waals surface area contributed by atoms with E-state index in [1.54, 1.807) is 0 Å². The van der Waals surface area contributed by atoms with Crippen LogP contribution in [0.15, 0.2) is 152 Å². The molecule has 2 atom stereocenters. The van der Waals surface area contributed by atoms with Gasteiger partial charge in [-0.1, -0.05) is 110 Å². The molecule has 49 heavy (non-hydrogen) atoms. The Labute approximate surface area is 285 Å². The van der Waals surface area contributed by atoms with Gasteiger partial charge in [-0.2, -0.15) is 10.5 Å². The molecule has 0 fully saturated rings. The Kier molecular flexibility index (Phi) is 7.41. The van der Waals surface area contributed by atoms with Crippen LogP contribution in [0.1, 0.15) is 41.3 Å². The molecule has 2 aromatic heterocycles. The minimum Gasteiger partial charge on any atom is -0.332 e. The normalized spacial score (nSPS) is 15.9. The Bertz CT molecular complexity index is 2630. The highest BCUT2D eigenvalue weighted by Crippen LogP contribution is 2.46. The summed E-state index contributed by atoms with van der Waals surface area (Å²) in [5, 5.41) is 23.7. The van der Waals surface area contributed by atoms with Gasteiger partial charge in [0.1, 0.15) is 0 Å². The second kappa shape index (κ2) is 12.2. The van der Waals surface area contributed by atoms with E-state index in [-0.39, 0.29) is 12.0 Å². The Hall–Kier alpha value is -6.62. The average Bonchev–Trinajstić information content (AvgIpc) is 3.67. The number of rotatable bonds is 6. The van der Waals surface area contributed by atoms with Crippen molar-refractivity contribution in [1.82, 2.24) is 9.13 Å². The van der Waals surface area contributed by atoms with Crippen LogP contribution < -0.4 is 0 Å². The van der Waals surface area contributed by atoms with Gasteiger partial charge in [0.15, 0.2) is 0 Å². The van der Waals surface area contributed by atoms with Gasteiger partial charge < -0.3 is 9.13 Å². The quantitative estimate of drug-likeness (QED) is 0.184. The van der Waals surface area contributed by atoms with E-state index in [1.165, 1.54) is 0 Å². The third kappa shape index (κ3) is 4.66. The molecule has 7 aromatic rings. The van der Waals surface area contributed by atoms with Crippen molar-refractivity contribution in [2.24, 2.45) is 0 Å². The minimum absolute atomic E-state index is 0.164. The molecule has 5 aromatic carbocycles. The Morgan fingerprint density at radius 2 is 1.49 bits per heavy atom. The number of aromatic nitrogens is 2. The predicted molar refractivity (Wildman–Crippen MR) is 202 cm³/mol. The average molecular weight is 629 g/mol. The van der Waals surface area contributed by atoms with E-state index >= 15 is 0 Å². The van der Waals surface area contributed by atoms with Gasteiger partial charge in [-0.3, -0.25) is 0 Å². The zero-order chi connectivity index (χ0) is 33.5. The Balaban J connectivity index is 1.33. The van der Waals surface area contributed by atoms with Crippen LogP contribution in [0.3, 0.4) is 0 Å². The van der Waals surface area contributed by atoms with Crippen molar-refractivity contribution in [3.63, 3.8) is 0 Å². The number of hydrogen-bond donors (Lipinski definition) is 0. The molecule has 0 saturated carbocycles. The molecule has 0 radical (unpaired) electrons. The van der Waals surface area contributed by atoms with Crippen molar-refractivity contribution in [2.75, 3.05) is 0 Å². The molecule has 8 rings (SSSR count). The lowest BCUT2D eigenvalue weighted by molar-refractivity contribution is 0.547. The number of benzene rings is 5. The first-order valence-corrected chi connectivity index (χ1v) is 16.5. The van der Waals surface area contributed by atoms with Crippen LogP contribution in [0, 0.1) is 22.7 Å². The third-order valence-electron chi connectivity index (χ3n) is 9.73. The molecule has 0 N–H and O–H groups in total. The molecule has 0 amide bonds. The van der Waals surface area contributed by atoms with Crippen molar-refractivity contribution in [3.8, 4) is 29.0 Å². The predicted octanol–water partition coefficient (Wildman–Crippen LogP) is 11.3. The SMILES string of the molecule is C=Cc1c(/C=C\C)c2ccccc2n1C1C=CC=C(C#N)C1c1ccccc1-c1cccc(-n2c3ccccc3c3c(C#N)cccc32)c1. The fourth-order valence-corrected chi connectivity index (χ4v) is 7.78. The summed E-state index contributed by atoms with van der Waals surface area (Å²) >= 11 is 0. The maximum atomic E-state index is 10.6. The summed E-state index contributed by atoms with van der Waals surface area (Å²) in [6.45, 7) is 6.27. The minimum atomic E-state index is -0.241. The summed E-state index contributed by atoms with van der Waals surface area (Å²) in [6, 6.07) is 44.5. The monoisotopic (exact) mass is 628 g/mol. The van der Waals surface area contributed by atoms with Crippen LogP contribution in [0.5, 0.6) is 0 Å². The largest absolute Gasteiger partial charge is 0.332 e. The second-order valence-corrected chi connectivity index (χ2v) is 12.3. The van der Waals surface area contributed by atoms with Crippen molar-refractivity contribution < 1.29 is 0 Å². The van der Waals surface area contributed by atoms with Crippen LogP contribution in [0.2, 0.25) is 0 Å². The van der Waals surface area contributed by atoms with Crippen LogP contribution in [0.25, 0.3) is 61.7 Å². The highest BCUT2D eigenvalue weighted by atomic mass is 15.0. The first kappa shape index (κ1) is 29.8. The molecule has 2 heterocycles. The summed E-state index contributed by atoms with van der Waals surface area (Å²) in [7, 11) is 0.